The molecule has 1 rings (SSSR count). The van der Waals surface area contributed by atoms with Crippen molar-refractivity contribution < 1.29 is 8.42 Å². The minimum absolute atomic E-state index is 0.104. The average molecular weight is 247 g/mol. The fourth-order valence-corrected chi connectivity index (χ4v) is 3.48. The van der Waals surface area contributed by atoms with Gasteiger partial charge in [0.25, 0.3) is 0 Å². The SMILES string of the molecule is CC(C)(C)NCC1CCCC(S(C)(=O)=O)C1. The van der Waals surface area contributed by atoms with Crippen LogP contribution in [0.2, 0.25) is 0 Å². The lowest BCUT2D eigenvalue weighted by atomic mass is 9.88. The third-order valence-corrected chi connectivity index (χ3v) is 4.90. The molecular formula is C12H25NO2S. The van der Waals surface area contributed by atoms with Crippen molar-refractivity contribution in [3.63, 3.8) is 0 Å². The molecule has 3 nitrogen and oxygen atoms in total. The topological polar surface area (TPSA) is 46.2 Å². The standard InChI is InChI=1S/C12H25NO2S/c1-12(2,3)13-9-10-6-5-7-11(8-10)16(4,14)15/h10-11,13H,5-9H2,1-4H3. The van der Waals surface area contributed by atoms with E-state index in [-0.39, 0.29) is 10.8 Å². The van der Waals surface area contributed by atoms with Gasteiger partial charge < -0.3 is 5.32 Å². The molecular weight excluding hydrogens is 222 g/mol. The first-order valence-electron chi connectivity index (χ1n) is 6.12. The Labute approximate surface area is 99.9 Å². The summed E-state index contributed by atoms with van der Waals surface area (Å²) in [4.78, 5) is 0. The van der Waals surface area contributed by atoms with Gasteiger partial charge in [-0.15, -0.1) is 0 Å². The molecule has 1 aliphatic rings. The number of hydrogen-bond donors (Lipinski definition) is 1. The monoisotopic (exact) mass is 247 g/mol. The Morgan fingerprint density at radius 2 is 1.88 bits per heavy atom. The molecule has 0 saturated heterocycles. The minimum Gasteiger partial charge on any atom is -0.312 e. The van der Waals surface area contributed by atoms with Crippen LogP contribution >= 0.6 is 0 Å². The van der Waals surface area contributed by atoms with Crippen molar-refractivity contribution in [3.05, 3.63) is 0 Å². The van der Waals surface area contributed by atoms with E-state index in [1.807, 2.05) is 0 Å². The van der Waals surface area contributed by atoms with Crippen molar-refractivity contribution >= 4 is 9.84 Å². The maximum atomic E-state index is 11.5. The highest BCUT2D eigenvalue weighted by Crippen LogP contribution is 2.28. The molecule has 4 heteroatoms. The van der Waals surface area contributed by atoms with Crippen molar-refractivity contribution in [2.75, 3.05) is 12.8 Å². The number of hydrogen-bond acceptors (Lipinski definition) is 3. The van der Waals surface area contributed by atoms with E-state index in [9.17, 15) is 8.42 Å². The molecule has 0 aliphatic heterocycles. The van der Waals surface area contributed by atoms with Crippen LogP contribution < -0.4 is 5.32 Å². The number of rotatable bonds is 3. The molecule has 0 radical (unpaired) electrons. The van der Waals surface area contributed by atoms with Gasteiger partial charge in [-0.25, -0.2) is 8.42 Å². The van der Waals surface area contributed by atoms with Crippen LogP contribution in [-0.4, -0.2) is 32.0 Å². The second-order valence-corrected chi connectivity index (χ2v) is 8.44. The van der Waals surface area contributed by atoms with Crippen LogP contribution in [0.1, 0.15) is 46.5 Å². The summed E-state index contributed by atoms with van der Waals surface area (Å²) < 4.78 is 23.0. The molecule has 96 valence electrons. The smallest absolute Gasteiger partial charge is 0.150 e. The van der Waals surface area contributed by atoms with E-state index in [0.717, 1.165) is 32.2 Å². The first-order chi connectivity index (χ1) is 7.18. The predicted octanol–water partition coefficient (Wildman–Crippen LogP) is 1.98. The van der Waals surface area contributed by atoms with E-state index < -0.39 is 9.84 Å². The van der Waals surface area contributed by atoms with Gasteiger partial charge in [0.1, 0.15) is 9.84 Å². The van der Waals surface area contributed by atoms with Crippen molar-refractivity contribution in [2.45, 2.75) is 57.2 Å². The van der Waals surface area contributed by atoms with Crippen molar-refractivity contribution in [3.8, 4) is 0 Å². The van der Waals surface area contributed by atoms with E-state index in [2.05, 4.69) is 26.1 Å². The molecule has 0 heterocycles. The molecule has 0 bridgehead atoms. The zero-order chi connectivity index (χ0) is 12.4. The fraction of sp³-hybridized carbons (Fsp3) is 1.00. The second-order valence-electron chi connectivity index (χ2n) is 6.12. The molecule has 16 heavy (non-hydrogen) atoms. The Morgan fingerprint density at radius 3 is 2.38 bits per heavy atom. The lowest BCUT2D eigenvalue weighted by Crippen LogP contribution is -2.41. The zero-order valence-corrected chi connectivity index (χ0v) is 11.7. The summed E-state index contributed by atoms with van der Waals surface area (Å²) in [6.07, 6.45) is 5.27. The average Bonchev–Trinajstić information content (AvgIpc) is 2.13. The van der Waals surface area contributed by atoms with Gasteiger partial charge in [-0.1, -0.05) is 6.42 Å². The van der Waals surface area contributed by atoms with Gasteiger partial charge in [0, 0.05) is 11.8 Å². The molecule has 0 amide bonds. The first-order valence-corrected chi connectivity index (χ1v) is 8.08. The van der Waals surface area contributed by atoms with Gasteiger partial charge in [-0.2, -0.15) is 0 Å². The van der Waals surface area contributed by atoms with Crippen LogP contribution in [0.5, 0.6) is 0 Å². The summed E-state index contributed by atoms with van der Waals surface area (Å²) in [7, 11) is -2.84. The van der Waals surface area contributed by atoms with Crippen molar-refractivity contribution in [1.29, 1.82) is 0 Å². The van der Waals surface area contributed by atoms with E-state index in [4.69, 9.17) is 0 Å². The van der Waals surface area contributed by atoms with Crippen molar-refractivity contribution in [1.82, 2.24) is 5.32 Å². The van der Waals surface area contributed by atoms with Crippen LogP contribution in [-0.2, 0) is 9.84 Å². The van der Waals surface area contributed by atoms with Gasteiger partial charge >= 0.3 is 0 Å². The molecule has 2 atom stereocenters. The van der Waals surface area contributed by atoms with Gasteiger partial charge in [-0.3, -0.25) is 0 Å². The molecule has 0 aromatic heterocycles. The molecule has 0 aromatic rings. The molecule has 1 N–H and O–H groups in total. The third kappa shape index (κ3) is 4.83. The van der Waals surface area contributed by atoms with Gasteiger partial charge in [0.2, 0.25) is 0 Å². The van der Waals surface area contributed by atoms with Crippen LogP contribution in [0.3, 0.4) is 0 Å². The van der Waals surface area contributed by atoms with Crippen LogP contribution in [0.4, 0.5) is 0 Å². The molecule has 1 saturated carbocycles. The summed E-state index contributed by atoms with van der Waals surface area (Å²) in [5, 5.41) is 3.37. The van der Waals surface area contributed by atoms with E-state index >= 15 is 0 Å². The quantitative estimate of drug-likeness (QED) is 0.829. The fourth-order valence-electron chi connectivity index (χ4n) is 2.27. The molecule has 1 aliphatic carbocycles. The highest BCUT2D eigenvalue weighted by Gasteiger charge is 2.29. The highest BCUT2D eigenvalue weighted by molar-refractivity contribution is 7.91. The normalized spacial score (nSPS) is 28.0. The van der Waals surface area contributed by atoms with Gasteiger partial charge in [0.15, 0.2) is 0 Å². The second kappa shape index (κ2) is 5.05. The summed E-state index contributed by atoms with van der Waals surface area (Å²) in [6.45, 7) is 7.37. The van der Waals surface area contributed by atoms with E-state index in [1.54, 1.807) is 0 Å². The van der Waals surface area contributed by atoms with Crippen LogP contribution in [0.15, 0.2) is 0 Å². The first kappa shape index (κ1) is 14.0. The van der Waals surface area contributed by atoms with E-state index in [1.165, 1.54) is 6.26 Å². The number of sulfone groups is 1. The summed E-state index contributed by atoms with van der Waals surface area (Å²) in [5.74, 6) is 0.521. The van der Waals surface area contributed by atoms with Crippen LogP contribution in [0.25, 0.3) is 0 Å². The molecule has 1 fully saturated rings. The minimum atomic E-state index is -2.84. The van der Waals surface area contributed by atoms with Crippen molar-refractivity contribution in [2.24, 2.45) is 5.92 Å². The molecule has 2 unspecified atom stereocenters. The highest BCUT2D eigenvalue weighted by atomic mass is 32.2. The number of nitrogens with one attached hydrogen (secondary N) is 1. The van der Waals surface area contributed by atoms with Crippen LogP contribution in [0, 0.1) is 5.92 Å². The summed E-state index contributed by atoms with van der Waals surface area (Å²) in [6, 6.07) is 0. The summed E-state index contributed by atoms with van der Waals surface area (Å²) in [5.41, 5.74) is 0.123. The predicted molar refractivity (Wildman–Crippen MR) is 68.3 cm³/mol. The maximum Gasteiger partial charge on any atom is 0.150 e. The zero-order valence-electron chi connectivity index (χ0n) is 10.9. The Balaban J connectivity index is 2.46. The van der Waals surface area contributed by atoms with E-state index in [0.29, 0.717) is 5.92 Å². The Kier molecular flexibility index (Phi) is 4.41. The Morgan fingerprint density at radius 1 is 1.25 bits per heavy atom. The summed E-state index contributed by atoms with van der Waals surface area (Å²) >= 11 is 0. The maximum absolute atomic E-state index is 11.5. The van der Waals surface area contributed by atoms with Gasteiger partial charge in [-0.05, 0) is 52.5 Å². The molecule has 0 aromatic carbocycles. The third-order valence-electron chi connectivity index (χ3n) is 3.26. The van der Waals surface area contributed by atoms with Gasteiger partial charge in [0.05, 0.1) is 5.25 Å². The lowest BCUT2D eigenvalue weighted by molar-refractivity contribution is 0.305. The molecule has 0 spiro atoms. The lowest BCUT2D eigenvalue weighted by Gasteiger charge is -2.31. The largest absolute Gasteiger partial charge is 0.312 e. The Hall–Kier alpha value is -0.0900. The Bertz CT molecular complexity index is 316.